The zero-order valence-corrected chi connectivity index (χ0v) is 21.9. The van der Waals surface area contributed by atoms with Crippen molar-refractivity contribution in [3.8, 4) is 0 Å². The lowest BCUT2D eigenvalue weighted by atomic mass is 10.1. The Balaban J connectivity index is 0.00000407. The van der Waals surface area contributed by atoms with Crippen LogP contribution in [-0.4, -0.2) is 49.1 Å². The molecule has 1 rings (SSSR count). The van der Waals surface area contributed by atoms with Crippen LogP contribution in [-0.2, 0) is 0 Å². The summed E-state index contributed by atoms with van der Waals surface area (Å²) in [7, 11) is 0. The van der Waals surface area contributed by atoms with E-state index in [1.807, 2.05) is 13.8 Å². The maximum absolute atomic E-state index is 2.69. The van der Waals surface area contributed by atoms with Gasteiger partial charge in [-0.05, 0) is 65.0 Å². The highest BCUT2D eigenvalue weighted by molar-refractivity contribution is 4.59. The van der Waals surface area contributed by atoms with Gasteiger partial charge < -0.3 is 9.80 Å². The maximum atomic E-state index is 2.69. The van der Waals surface area contributed by atoms with Crippen LogP contribution in [0.3, 0.4) is 0 Å². The summed E-state index contributed by atoms with van der Waals surface area (Å²) in [6, 6.07) is 0. The fraction of sp³-hybridized carbons (Fsp3) is 1.00. The second-order valence-electron chi connectivity index (χ2n) is 9.23. The summed E-state index contributed by atoms with van der Waals surface area (Å²) in [6.45, 7) is 16.5. The van der Waals surface area contributed by atoms with Crippen molar-refractivity contribution < 1.29 is 0 Å². The molecular weight excluding hydrogens is 364 g/mol. The molecule has 0 aliphatic carbocycles. The first-order chi connectivity index (χ1) is 14.9. The van der Waals surface area contributed by atoms with Gasteiger partial charge in [0.25, 0.3) is 0 Å². The average molecular weight is 425 g/mol. The molecule has 0 unspecified atom stereocenters. The molecular formula is C28H60N2. The second kappa shape index (κ2) is 25.2. The first-order valence-corrected chi connectivity index (χ1v) is 14.3. The summed E-state index contributed by atoms with van der Waals surface area (Å²) in [5, 5.41) is 0. The number of rotatable bonds is 2. The van der Waals surface area contributed by atoms with Crippen LogP contribution in [0, 0.1) is 0 Å². The Labute approximate surface area is 192 Å². The normalized spacial score (nSPS) is 22.4. The van der Waals surface area contributed by atoms with E-state index in [4.69, 9.17) is 0 Å². The number of nitrogens with zero attached hydrogens (tertiary/aromatic N) is 2. The third-order valence-corrected chi connectivity index (χ3v) is 6.79. The Bertz CT molecular complexity index is 251. The minimum absolute atomic E-state index is 1.25. The molecule has 182 valence electrons. The van der Waals surface area contributed by atoms with Gasteiger partial charge in [-0.25, -0.2) is 0 Å². The highest BCUT2D eigenvalue weighted by Gasteiger charge is 2.04. The van der Waals surface area contributed by atoms with Crippen LogP contribution in [0.15, 0.2) is 0 Å². The standard InChI is InChI=1S/C26H54N2.C2H6/c1-3-27-23-19-15-11-7-5-9-13-17-21-25-28(4-2)26-22-18-14-10-6-8-12-16-20-24-27;1-2/h3-26H2,1-2H3;1-2H3. The van der Waals surface area contributed by atoms with Gasteiger partial charge in [-0.15, -0.1) is 0 Å². The number of hydrogen-bond acceptors (Lipinski definition) is 2. The molecule has 1 aliphatic rings. The molecule has 0 radical (unpaired) electrons. The molecule has 0 aromatic carbocycles. The molecule has 0 N–H and O–H groups in total. The lowest BCUT2D eigenvalue weighted by Crippen LogP contribution is -2.25. The quantitative estimate of drug-likeness (QED) is 0.437. The molecule has 0 amide bonds. The predicted molar refractivity (Wildman–Crippen MR) is 139 cm³/mol. The van der Waals surface area contributed by atoms with E-state index in [2.05, 4.69) is 23.6 Å². The molecule has 0 spiro atoms. The Kier molecular flexibility index (Phi) is 25.1. The van der Waals surface area contributed by atoms with Crippen LogP contribution < -0.4 is 0 Å². The van der Waals surface area contributed by atoms with Crippen molar-refractivity contribution in [2.24, 2.45) is 0 Å². The van der Waals surface area contributed by atoms with E-state index in [9.17, 15) is 0 Å². The van der Waals surface area contributed by atoms with Gasteiger partial charge in [-0.2, -0.15) is 0 Å². The van der Waals surface area contributed by atoms with Crippen molar-refractivity contribution in [2.45, 2.75) is 143 Å². The molecule has 0 aromatic rings. The minimum Gasteiger partial charge on any atom is -0.304 e. The molecule has 1 aliphatic heterocycles. The van der Waals surface area contributed by atoms with Crippen molar-refractivity contribution in [3.63, 3.8) is 0 Å². The Morgan fingerprint density at radius 1 is 0.333 bits per heavy atom. The topological polar surface area (TPSA) is 6.48 Å². The summed E-state index contributed by atoms with van der Waals surface area (Å²) in [5.41, 5.74) is 0. The van der Waals surface area contributed by atoms with Crippen LogP contribution in [0.4, 0.5) is 0 Å². The van der Waals surface area contributed by atoms with Crippen molar-refractivity contribution in [2.75, 3.05) is 39.3 Å². The van der Waals surface area contributed by atoms with E-state index < -0.39 is 0 Å². The SMILES string of the molecule is CC.CCN1CCCCCCCCCCCN(CC)CCCCCCCCCCC1. The van der Waals surface area contributed by atoms with Crippen LogP contribution in [0.2, 0.25) is 0 Å². The third-order valence-electron chi connectivity index (χ3n) is 6.79. The molecule has 0 bridgehead atoms. The lowest BCUT2D eigenvalue weighted by molar-refractivity contribution is 0.271. The van der Waals surface area contributed by atoms with Gasteiger partial charge in [0.15, 0.2) is 0 Å². The monoisotopic (exact) mass is 424 g/mol. The first kappa shape index (κ1) is 29.9. The van der Waals surface area contributed by atoms with Gasteiger partial charge in [0.2, 0.25) is 0 Å². The van der Waals surface area contributed by atoms with E-state index in [0.717, 1.165) is 0 Å². The van der Waals surface area contributed by atoms with Gasteiger partial charge in [-0.3, -0.25) is 0 Å². The molecule has 0 aromatic heterocycles. The first-order valence-electron chi connectivity index (χ1n) is 14.3. The molecule has 2 heteroatoms. The van der Waals surface area contributed by atoms with Crippen LogP contribution in [0.5, 0.6) is 0 Å². The fourth-order valence-corrected chi connectivity index (χ4v) is 4.67. The fourth-order valence-electron chi connectivity index (χ4n) is 4.67. The summed E-state index contributed by atoms with van der Waals surface area (Å²) in [4.78, 5) is 5.39. The molecule has 2 nitrogen and oxygen atoms in total. The van der Waals surface area contributed by atoms with Crippen LogP contribution in [0.25, 0.3) is 0 Å². The summed E-state index contributed by atoms with van der Waals surface area (Å²) in [5.74, 6) is 0. The van der Waals surface area contributed by atoms with E-state index in [0.29, 0.717) is 0 Å². The molecule has 1 saturated heterocycles. The van der Waals surface area contributed by atoms with Crippen molar-refractivity contribution in [1.29, 1.82) is 0 Å². The lowest BCUT2D eigenvalue weighted by Gasteiger charge is -2.20. The summed E-state index contributed by atoms with van der Waals surface area (Å²) in [6.07, 6.45) is 26.1. The number of hydrogen-bond donors (Lipinski definition) is 0. The van der Waals surface area contributed by atoms with Crippen LogP contribution in [0.1, 0.15) is 143 Å². The highest BCUT2D eigenvalue weighted by Crippen LogP contribution is 2.13. The van der Waals surface area contributed by atoms with E-state index >= 15 is 0 Å². The Morgan fingerprint density at radius 2 is 0.500 bits per heavy atom. The van der Waals surface area contributed by atoms with Gasteiger partial charge in [0.1, 0.15) is 0 Å². The van der Waals surface area contributed by atoms with Gasteiger partial charge in [0.05, 0.1) is 0 Å². The van der Waals surface area contributed by atoms with E-state index in [-0.39, 0.29) is 0 Å². The maximum Gasteiger partial charge on any atom is -0.00189 e. The zero-order chi connectivity index (χ0) is 22.1. The van der Waals surface area contributed by atoms with Gasteiger partial charge in [-0.1, -0.05) is 118 Å². The highest BCUT2D eigenvalue weighted by atomic mass is 15.1. The summed E-state index contributed by atoms with van der Waals surface area (Å²) >= 11 is 0. The van der Waals surface area contributed by atoms with Crippen molar-refractivity contribution in [3.05, 3.63) is 0 Å². The van der Waals surface area contributed by atoms with E-state index in [1.54, 1.807) is 0 Å². The van der Waals surface area contributed by atoms with Crippen molar-refractivity contribution in [1.82, 2.24) is 9.80 Å². The van der Waals surface area contributed by atoms with E-state index in [1.165, 1.54) is 155 Å². The molecule has 30 heavy (non-hydrogen) atoms. The zero-order valence-electron chi connectivity index (χ0n) is 21.9. The Hall–Kier alpha value is -0.0800. The molecule has 0 atom stereocenters. The van der Waals surface area contributed by atoms with Crippen LogP contribution >= 0.6 is 0 Å². The molecule has 1 fully saturated rings. The second-order valence-corrected chi connectivity index (χ2v) is 9.23. The minimum atomic E-state index is 1.25. The summed E-state index contributed by atoms with van der Waals surface area (Å²) < 4.78 is 0. The van der Waals surface area contributed by atoms with Gasteiger partial charge >= 0.3 is 0 Å². The van der Waals surface area contributed by atoms with Gasteiger partial charge in [0, 0.05) is 0 Å². The average Bonchev–Trinajstić information content (AvgIpc) is 2.78. The molecule has 0 saturated carbocycles. The Morgan fingerprint density at radius 3 is 0.667 bits per heavy atom. The largest absolute Gasteiger partial charge is 0.304 e. The molecule has 1 heterocycles. The third kappa shape index (κ3) is 19.9. The van der Waals surface area contributed by atoms with Crippen molar-refractivity contribution >= 4 is 0 Å². The smallest absolute Gasteiger partial charge is 0.00189 e. The predicted octanol–water partition coefficient (Wildman–Crippen LogP) is 8.69.